The predicted octanol–water partition coefficient (Wildman–Crippen LogP) is 4.18. The molecule has 2 aromatic heterocycles. The molecule has 0 saturated carbocycles. The van der Waals surface area contributed by atoms with Gasteiger partial charge in [-0.2, -0.15) is 0 Å². The summed E-state index contributed by atoms with van der Waals surface area (Å²) in [5.41, 5.74) is 1.75. The van der Waals surface area contributed by atoms with Gasteiger partial charge < -0.3 is 0 Å². The van der Waals surface area contributed by atoms with Gasteiger partial charge in [0, 0.05) is 17.3 Å². The van der Waals surface area contributed by atoms with Gasteiger partial charge in [0.2, 0.25) is 0 Å². The third kappa shape index (κ3) is 3.51. The summed E-state index contributed by atoms with van der Waals surface area (Å²) in [4.78, 5) is 13.2. The number of halogens is 2. The highest BCUT2D eigenvalue weighted by Gasteiger charge is 2.22. The van der Waals surface area contributed by atoms with Crippen molar-refractivity contribution in [2.75, 3.05) is 0 Å². The van der Waals surface area contributed by atoms with Crippen LogP contribution in [0.3, 0.4) is 0 Å². The molecule has 2 heterocycles. The third-order valence-electron chi connectivity index (χ3n) is 2.63. The summed E-state index contributed by atoms with van der Waals surface area (Å²) in [5.74, 6) is 0.692. The summed E-state index contributed by atoms with van der Waals surface area (Å²) in [6, 6.07) is 5.79. The van der Waals surface area contributed by atoms with Crippen molar-refractivity contribution in [3.8, 4) is 0 Å². The molecule has 0 unspecified atom stereocenters. The Kier molecular flexibility index (Phi) is 4.21. The summed E-state index contributed by atoms with van der Waals surface area (Å²) < 4.78 is 0.770. The van der Waals surface area contributed by atoms with Crippen LogP contribution >= 0.6 is 27.5 Å². The summed E-state index contributed by atoms with van der Waals surface area (Å²) in [6.45, 7) is 6.29. The second kappa shape index (κ2) is 5.55. The molecule has 0 atom stereocenters. The van der Waals surface area contributed by atoms with Gasteiger partial charge >= 0.3 is 0 Å². The predicted molar refractivity (Wildman–Crippen MR) is 80.5 cm³/mol. The van der Waals surface area contributed by atoms with Crippen molar-refractivity contribution in [3.05, 3.63) is 51.2 Å². The SMILES string of the molecule is CC(C)(C)c1nc(Cc2ccccn2)nc(Cl)c1Br. The molecule has 3 nitrogen and oxygen atoms in total. The Hall–Kier alpha value is -1.00. The number of rotatable bonds is 2. The Balaban J connectivity index is 2.40. The summed E-state index contributed by atoms with van der Waals surface area (Å²) in [7, 11) is 0. The van der Waals surface area contributed by atoms with Gasteiger partial charge in [0.05, 0.1) is 16.6 Å². The Labute approximate surface area is 126 Å². The highest BCUT2D eigenvalue weighted by atomic mass is 79.9. The fourth-order valence-corrected chi connectivity index (χ4v) is 2.66. The van der Waals surface area contributed by atoms with Gasteiger partial charge in [-0.1, -0.05) is 38.4 Å². The van der Waals surface area contributed by atoms with Crippen LogP contribution in [0.2, 0.25) is 5.15 Å². The lowest BCUT2D eigenvalue weighted by atomic mass is 9.92. The molecule has 0 saturated heterocycles. The largest absolute Gasteiger partial charge is 0.261 e. The van der Waals surface area contributed by atoms with Crippen LogP contribution in [0.25, 0.3) is 0 Å². The lowest BCUT2D eigenvalue weighted by Gasteiger charge is -2.20. The van der Waals surface area contributed by atoms with Crippen LogP contribution in [0.15, 0.2) is 28.9 Å². The second-order valence-electron chi connectivity index (χ2n) is 5.34. The van der Waals surface area contributed by atoms with Crippen molar-refractivity contribution in [2.24, 2.45) is 0 Å². The van der Waals surface area contributed by atoms with Gasteiger partial charge in [-0.25, -0.2) is 9.97 Å². The standard InChI is InChI=1S/C14H15BrClN3/c1-14(2,3)12-11(15)13(16)19-10(18-12)8-9-6-4-5-7-17-9/h4-7H,8H2,1-3H3. The van der Waals surface area contributed by atoms with E-state index in [1.807, 2.05) is 18.2 Å². The first-order chi connectivity index (χ1) is 8.88. The highest BCUT2D eigenvalue weighted by Crippen LogP contribution is 2.32. The van der Waals surface area contributed by atoms with Crippen molar-refractivity contribution in [1.29, 1.82) is 0 Å². The molecule has 0 fully saturated rings. The Morgan fingerprint density at radius 3 is 2.53 bits per heavy atom. The molecular weight excluding hydrogens is 326 g/mol. The molecule has 0 aromatic carbocycles. The van der Waals surface area contributed by atoms with E-state index in [0.29, 0.717) is 17.4 Å². The molecule has 5 heteroatoms. The van der Waals surface area contributed by atoms with Crippen LogP contribution in [-0.2, 0) is 11.8 Å². The van der Waals surface area contributed by atoms with Gasteiger partial charge in [-0.3, -0.25) is 4.98 Å². The van der Waals surface area contributed by atoms with Crippen LogP contribution in [0.1, 0.15) is 38.0 Å². The smallest absolute Gasteiger partial charge is 0.147 e. The minimum Gasteiger partial charge on any atom is -0.261 e. The van der Waals surface area contributed by atoms with E-state index < -0.39 is 0 Å². The zero-order chi connectivity index (χ0) is 14.0. The van der Waals surface area contributed by atoms with E-state index in [9.17, 15) is 0 Å². The monoisotopic (exact) mass is 339 g/mol. The number of hydrogen-bond donors (Lipinski definition) is 0. The van der Waals surface area contributed by atoms with E-state index in [-0.39, 0.29) is 5.41 Å². The summed E-state index contributed by atoms with van der Waals surface area (Å²) in [6.07, 6.45) is 2.34. The van der Waals surface area contributed by atoms with Crippen molar-refractivity contribution >= 4 is 27.5 Å². The highest BCUT2D eigenvalue weighted by molar-refractivity contribution is 9.10. The maximum absolute atomic E-state index is 6.17. The molecule has 0 radical (unpaired) electrons. The van der Waals surface area contributed by atoms with Crippen molar-refractivity contribution < 1.29 is 0 Å². The molecule has 0 amide bonds. The van der Waals surface area contributed by atoms with E-state index >= 15 is 0 Å². The molecule has 100 valence electrons. The van der Waals surface area contributed by atoms with Gasteiger partial charge in [0.25, 0.3) is 0 Å². The number of pyridine rings is 1. The van der Waals surface area contributed by atoms with E-state index in [4.69, 9.17) is 11.6 Å². The molecule has 0 aliphatic rings. The van der Waals surface area contributed by atoms with Crippen molar-refractivity contribution in [2.45, 2.75) is 32.6 Å². The fourth-order valence-electron chi connectivity index (χ4n) is 1.70. The maximum atomic E-state index is 6.17. The minimum atomic E-state index is -0.0930. The average molecular weight is 341 g/mol. The third-order valence-corrected chi connectivity index (χ3v) is 3.89. The van der Waals surface area contributed by atoms with Crippen LogP contribution in [0.4, 0.5) is 0 Å². The molecule has 0 bridgehead atoms. The van der Waals surface area contributed by atoms with Crippen LogP contribution in [0.5, 0.6) is 0 Å². The van der Waals surface area contributed by atoms with Crippen LogP contribution < -0.4 is 0 Å². The van der Waals surface area contributed by atoms with Crippen LogP contribution in [0, 0.1) is 0 Å². The topological polar surface area (TPSA) is 38.7 Å². The number of hydrogen-bond acceptors (Lipinski definition) is 3. The van der Waals surface area contributed by atoms with E-state index in [1.54, 1.807) is 6.20 Å². The van der Waals surface area contributed by atoms with Crippen molar-refractivity contribution in [1.82, 2.24) is 15.0 Å². The quantitative estimate of drug-likeness (QED) is 0.770. The number of nitrogens with zero attached hydrogens (tertiary/aromatic N) is 3. The normalized spacial score (nSPS) is 11.6. The van der Waals surface area contributed by atoms with Gasteiger partial charge in [0.1, 0.15) is 11.0 Å². The Morgan fingerprint density at radius 2 is 1.95 bits per heavy atom. The zero-order valence-corrected chi connectivity index (χ0v) is 13.5. The lowest BCUT2D eigenvalue weighted by Crippen LogP contribution is -2.17. The molecule has 0 N–H and O–H groups in total. The van der Waals surface area contributed by atoms with Crippen molar-refractivity contribution in [3.63, 3.8) is 0 Å². The molecule has 2 aromatic rings. The molecular formula is C14H15BrClN3. The Bertz CT molecular complexity index is 579. The number of aromatic nitrogens is 3. The summed E-state index contributed by atoms with van der Waals surface area (Å²) in [5, 5.41) is 0.450. The van der Waals surface area contributed by atoms with Crippen LogP contribution in [-0.4, -0.2) is 15.0 Å². The average Bonchev–Trinajstić information content (AvgIpc) is 2.33. The molecule has 0 aliphatic heterocycles. The maximum Gasteiger partial charge on any atom is 0.147 e. The first-order valence-corrected chi connectivity index (χ1v) is 7.17. The molecule has 19 heavy (non-hydrogen) atoms. The van der Waals surface area contributed by atoms with Gasteiger partial charge in [-0.05, 0) is 28.1 Å². The zero-order valence-electron chi connectivity index (χ0n) is 11.1. The minimum absolute atomic E-state index is 0.0930. The molecule has 0 spiro atoms. The van der Waals surface area contributed by atoms with Gasteiger partial charge in [0.15, 0.2) is 0 Å². The second-order valence-corrected chi connectivity index (χ2v) is 6.49. The summed E-state index contributed by atoms with van der Waals surface area (Å²) >= 11 is 9.64. The van der Waals surface area contributed by atoms with E-state index in [1.165, 1.54) is 0 Å². The van der Waals surface area contributed by atoms with E-state index in [2.05, 4.69) is 51.7 Å². The lowest BCUT2D eigenvalue weighted by molar-refractivity contribution is 0.559. The molecule has 2 rings (SSSR count). The Morgan fingerprint density at radius 1 is 1.21 bits per heavy atom. The fraction of sp³-hybridized carbons (Fsp3) is 0.357. The van der Waals surface area contributed by atoms with E-state index in [0.717, 1.165) is 15.9 Å². The first kappa shape index (κ1) is 14.4. The van der Waals surface area contributed by atoms with Gasteiger partial charge in [-0.15, -0.1) is 0 Å². The molecule has 0 aliphatic carbocycles. The first-order valence-electron chi connectivity index (χ1n) is 6.00.